The van der Waals surface area contributed by atoms with Gasteiger partial charge in [0, 0.05) is 43.8 Å². The van der Waals surface area contributed by atoms with Crippen LogP contribution < -0.4 is 5.32 Å². The van der Waals surface area contributed by atoms with Crippen molar-refractivity contribution in [1.82, 2.24) is 20.2 Å². The Morgan fingerprint density at radius 2 is 1.77 bits per heavy atom. The molecule has 6 heteroatoms. The number of hydrogen-bond acceptors (Lipinski definition) is 5. The smallest absolute Gasteiger partial charge is 0.237 e. The summed E-state index contributed by atoms with van der Waals surface area (Å²) in [4.78, 5) is 23.8. The minimum atomic E-state index is -0.225. The van der Waals surface area contributed by atoms with Crippen LogP contribution in [0.15, 0.2) is 73.3 Å². The van der Waals surface area contributed by atoms with E-state index < -0.39 is 0 Å². The molecule has 31 heavy (non-hydrogen) atoms. The van der Waals surface area contributed by atoms with E-state index in [2.05, 4.69) is 38.4 Å². The van der Waals surface area contributed by atoms with Crippen LogP contribution in [-0.2, 0) is 4.79 Å². The molecule has 1 saturated heterocycles. The number of amides is 1. The second-order valence-electron chi connectivity index (χ2n) is 7.74. The highest BCUT2D eigenvalue weighted by Crippen LogP contribution is 2.43. The molecule has 0 saturated carbocycles. The van der Waals surface area contributed by atoms with E-state index in [-0.39, 0.29) is 23.9 Å². The van der Waals surface area contributed by atoms with Gasteiger partial charge in [0.15, 0.2) is 0 Å². The molecule has 2 unspecified atom stereocenters. The van der Waals surface area contributed by atoms with Gasteiger partial charge in [-0.1, -0.05) is 24.3 Å². The van der Waals surface area contributed by atoms with Gasteiger partial charge < -0.3 is 5.32 Å². The summed E-state index contributed by atoms with van der Waals surface area (Å²) in [5.41, 5.74) is 3.71. The summed E-state index contributed by atoms with van der Waals surface area (Å²) in [6, 6.07) is 17.6. The number of nitriles is 1. The van der Waals surface area contributed by atoms with E-state index in [0.717, 1.165) is 36.1 Å². The van der Waals surface area contributed by atoms with Crippen molar-refractivity contribution >= 4 is 5.91 Å². The van der Waals surface area contributed by atoms with Gasteiger partial charge in [-0.25, -0.2) is 0 Å². The summed E-state index contributed by atoms with van der Waals surface area (Å²) in [5.74, 6) is -0.0725. The fourth-order valence-electron chi connectivity index (χ4n) is 4.61. The quantitative estimate of drug-likeness (QED) is 0.672. The minimum Gasteiger partial charge on any atom is -0.358 e. The number of nitrogens with zero attached hydrogens (tertiary/aromatic N) is 4. The van der Waals surface area contributed by atoms with Crippen LogP contribution >= 0.6 is 0 Å². The number of likely N-dealkylation sites (N-methyl/N-ethyl adjacent to an activating group) is 1. The molecular formula is C25H25N5O. The lowest BCUT2D eigenvalue weighted by Gasteiger charge is -2.38. The summed E-state index contributed by atoms with van der Waals surface area (Å²) in [6.45, 7) is 0.802. The molecule has 1 aliphatic rings. The Bertz CT molecular complexity index is 1020. The summed E-state index contributed by atoms with van der Waals surface area (Å²) in [6.07, 6.45) is 9.03. The van der Waals surface area contributed by atoms with Gasteiger partial charge in [-0.15, -0.1) is 0 Å². The number of likely N-dealkylation sites (tertiary alicyclic amines) is 1. The van der Waals surface area contributed by atoms with Crippen molar-refractivity contribution in [3.8, 4) is 6.07 Å². The van der Waals surface area contributed by atoms with Gasteiger partial charge >= 0.3 is 0 Å². The molecule has 0 bridgehead atoms. The minimum absolute atomic E-state index is 0.0232. The van der Waals surface area contributed by atoms with E-state index in [1.165, 1.54) is 0 Å². The van der Waals surface area contributed by atoms with Crippen molar-refractivity contribution in [2.24, 2.45) is 0 Å². The Labute approximate surface area is 182 Å². The third-order valence-corrected chi connectivity index (χ3v) is 5.96. The summed E-state index contributed by atoms with van der Waals surface area (Å²) in [5, 5.41) is 12.3. The van der Waals surface area contributed by atoms with Crippen molar-refractivity contribution in [2.45, 2.75) is 30.8 Å². The predicted molar refractivity (Wildman–Crippen MR) is 118 cm³/mol. The maximum Gasteiger partial charge on any atom is 0.237 e. The summed E-state index contributed by atoms with van der Waals surface area (Å²) >= 11 is 0. The molecule has 3 aromatic rings. The van der Waals surface area contributed by atoms with Crippen LogP contribution in [-0.4, -0.2) is 40.4 Å². The van der Waals surface area contributed by atoms with Crippen LogP contribution in [0, 0.1) is 11.3 Å². The maximum absolute atomic E-state index is 12.7. The van der Waals surface area contributed by atoms with Crippen LogP contribution in [0.2, 0.25) is 0 Å². The van der Waals surface area contributed by atoms with Gasteiger partial charge in [0.2, 0.25) is 5.91 Å². The molecule has 6 nitrogen and oxygen atoms in total. The normalized spacial score (nSPS) is 17.3. The molecule has 1 N–H and O–H groups in total. The molecule has 1 fully saturated rings. The molecular weight excluding hydrogens is 386 g/mol. The highest BCUT2D eigenvalue weighted by Gasteiger charge is 2.40. The number of carbonyl (C=O) groups is 1. The standard InChI is InChI=1S/C25H25N5O/c1-27-25(31)22-10-5-13-30(22)24(19-7-2-6-18(14-19)15-26)23(20-8-3-11-28-16-20)21-9-4-12-29-17-21/h2-4,6-9,11-12,14,16-17,22-24H,5,10,13H2,1H3,(H,27,31). The number of aromatic nitrogens is 2. The van der Waals surface area contributed by atoms with Crippen molar-refractivity contribution in [3.63, 3.8) is 0 Å². The number of benzene rings is 1. The molecule has 3 heterocycles. The Kier molecular flexibility index (Phi) is 6.34. The van der Waals surface area contributed by atoms with Gasteiger partial charge in [-0.05, 0) is 60.3 Å². The van der Waals surface area contributed by atoms with E-state index >= 15 is 0 Å². The molecule has 2 atom stereocenters. The lowest BCUT2D eigenvalue weighted by atomic mass is 9.81. The van der Waals surface area contributed by atoms with Crippen LogP contribution in [0.4, 0.5) is 0 Å². The van der Waals surface area contributed by atoms with E-state index in [4.69, 9.17) is 0 Å². The fourth-order valence-corrected chi connectivity index (χ4v) is 4.61. The SMILES string of the molecule is CNC(=O)C1CCCN1C(c1cccc(C#N)c1)C(c1cccnc1)c1cccnc1. The lowest BCUT2D eigenvalue weighted by Crippen LogP contribution is -2.45. The molecule has 0 spiro atoms. The largest absolute Gasteiger partial charge is 0.358 e. The van der Waals surface area contributed by atoms with Crippen molar-refractivity contribution < 1.29 is 4.79 Å². The summed E-state index contributed by atoms with van der Waals surface area (Å²) < 4.78 is 0. The first kappa shape index (κ1) is 20.7. The van der Waals surface area contributed by atoms with Crippen molar-refractivity contribution in [1.29, 1.82) is 5.26 Å². The van der Waals surface area contributed by atoms with Crippen LogP contribution in [0.25, 0.3) is 0 Å². The van der Waals surface area contributed by atoms with E-state index in [1.807, 2.05) is 48.8 Å². The molecule has 1 aromatic carbocycles. The first-order valence-corrected chi connectivity index (χ1v) is 10.5. The van der Waals surface area contributed by atoms with Gasteiger partial charge in [-0.3, -0.25) is 19.7 Å². The average molecular weight is 412 g/mol. The second-order valence-corrected chi connectivity index (χ2v) is 7.74. The Morgan fingerprint density at radius 1 is 1.10 bits per heavy atom. The number of nitrogens with one attached hydrogen (secondary N) is 1. The molecule has 156 valence electrons. The Morgan fingerprint density at radius 3 is 2.35 bits per heavy atom. The second kappa shape index (κ2) is 9.50. The van der Waals surface area contributed by atoms with E-state index in [9.17, 15) is 10.1 Å². The molecule has 1 aliphatic heterocycles. The fraction of sp³-hybridized carbons (Fsp3) is 0.280. The molecule has 4 rings (SSSR count). The highest BCUT2D eigenvalue weighted by atomic mass is 16.2. The zero-order chi connectivity index (χ0) is 21.6. The van der Waals surface area contributed by atoms with Gasteiger partial charge in [0.1, 0.15) is 0 Å². The maximum atomic E-state index is 12.7. The monoisotopic (exact) mass is 411 g/mol. The molecule has 1 amide bonds. The predicted octanol–water partition coefficient (Wildman–Crippen LogP) is 3.43. The average Bonchev–Trinajstić information content (AvgIpc) is 3.32. The van der Waals surface area contributed by atoms with Gasteiger partial charge in [-0.2, -0.15) is 5.26 Å². The zero-order valence-electron chi connectivity index (χ0n) is 17.5. The third-order valence-electron chi connectivity index (χ3n) is 5.96. The lowest BCUT2D eigenvalue weighted by molar-refractivity contribution is -0.125. The van der Waals surface area contributed by atoms with Crippen LogP contribution in [0.3, 0.4) is 0 Å². The highest BCUT2D eigenvalue weighted by molar-refractivity contribution is 5.81. The summed E-state index contributed by atoms with van der Waals surface area (Å²) in [7, 11) is 1.68. The van der Waals surface area contributed by atoms with E-state index in [1.54, 1.807) is 19.4 Å². The first-order chi connectivity index (χ1) is 15.2. The van der Waals surface area contributed by atoms with E-state index in [0.29, 0.717) is 5.56 Å². The topological polar surface area (TPSA) is 81.9 Å². The number of pyridine rings is 2. The number of carbonyl (C=O) groups excluding carboxylic acids is 1. The zero-order valence-corrected chi connectivity index (χ0v) is 17.5. The number of hydrogen-bond donors (Lipinski definition) is 1. The molecule has 0 aliphatic carbocycles. The third kappa shape index (κ3) is 4.32. The number of rotatable bonds is 6. The van der Waals surface area contributed by atoms with Crippen molar-refractivity contribution in [2.75, 3.05) is 13.6 Å². The Hall–Kier alpha value is -3.56. The van der Waals surface area contributed by atoms with Gasteiger partial charge in [0.25, 0.3) is 0 Å². The molecule has 0 radical (unpaired) electrons. The van der Waals surface area contributed by atoms with Gasteiger partial charge in [0.05, 0.1) is 17.7 Å². The first-order valence-electron chi connectivity index (χ1n) is 10.5. The van der Waals surface area contributed by atoms with Crippen LogP contribution in [0.1, 0.15) is 47.1 Å². The van der Waals surface area contributed by atoms with Crippen LogP contribution in [0.5, 0.6) is 0 Å². The van der Waals surface area contributed by atoms with Crippen molar-refractivity contribution in [3.05, 3.63) is 95.6 Å². The Balaban J connectivity index is 1.91. The molecule has 2 aromatic heterocycles.